The number of pyridine rings is 1. The normalized spacial score (nSPS) is 17.0. The van der Waals surface area contributed by atoms with Gasteiger partial charge in [-0.1, -0.05) is 30.3 Å². The lowest BCUT2D eigenvalue weighted by atomic mass is 9.96. The summed E-state index contributed by atoms with van der Waals surface area (Å²) in [6.07, 6.45) is 9.92. The SMILES string of the molecule is O=C(Cc1ccncc1)N1CCC[C@@H](c2nccn2Cc2ccccc2)C1. The Morgan fingerprint density at radius 1 is 1.04 bits per heavy atom. The van der Waals surface area contributed by atoms with Gasteiger partial charge in [0.05, 0.1) is 6.42 Å². The number of hydrogen-bond donors (Lipinski definition) is 0. The van der Waals surface area contributed by atoms with Crippen molar-refractivity contribution in [2.45, 2.75) is 31.7 Å². The van der Waals surface area contributed by atoms with E-state index in [4.69, 9.17) is 0 Å². The third kappa shape index (κ3) is 4.25. The fourth-order valence-corrected chi connectivity index (χ4v) is 3.80. The van der Waals surface area contributed by atoms with Gasteiger partial charge in [0.15, 0.2) is 0 Å². The van der Waals surface area contributed by atoms with Crippen molar-refractivity contribution < 1.29 is 4.79 Å². The molecule has 0 N–H and O–H groups in total. The number of carbonyl (C=O) groups excluding carboxylic acids is 1. The Morgan fingerprint density at radius 2 is 1.85 bits per heavy atom. The van der Waals surface area contributed by atoms with Crippen molar-refractivity contribution in [3.05, 3.63) is 84.2 Å². The minimum atomic E-state index is 0.187. The molecule has 2 aromatic heterocycles. The molecule has 0 bridgehead atoms. The molecule has 1 aliphatic heterocycles. The van der Waals surface area contributed by atoms with Gasteiger partial charge < -0.3 is 9.47 Å². The third-order valence-electron chi connectivity index (χ3n) is 5.19. The third-order valence-corrected chi connectivity index (χ3v) is 5.19. The van der Waals surface area contributed by atoms with E-state index in [-0.39, 0.29) is 5.91 Å². The molecule has 0 unspecified atom stereocenters. The number of likely N-dealkylation sites (tertiary alicyclic amines) is 1. The smallest absolute Gasteiger partial charge is 0.227 e. The van der Waals surface area contributed by atoms with Crippen LogP contribution < -0.4 is 0 Å². The van der Waals surface area contributed by atoms with Crippen molar-refractivity contribution in [3.63, 3.8) is 0 Å². The molecule has 0 saturated carbocycles. The standard InChI is InChI=1S/C22H24N4O/c27-21(15-18-8-10-23-11-9-18)25-13-4-7-20(17-25)22-24-12-14-26(22)16-19-5-2-1-3-6-19/h1-3,5-6,8-12,14,20H,4,7,13,15-17H2/t20-/m1/s1. The molecule has 1 amide bonds. The largest absolute Gasteiger partial charge is 0.342 e. The molecule has 3 heterocycles. The Bertz CT molecular complexity index is 876. The van der Waals surface area contributed by atoms with Crippen LogP contribution in [0, 0.1) is 0 Å². The molecule has 1 atom stereocenters. The van der Waals surface area contributed by atoms with Crippen molar-refractivity contribution in [2.24, 2.45) is 0 Å². The van der Waals surface area contributed by atoms with Crippen LogP contribution >= 0.6 is 0 Å². The average Bonchev–Trinajstić information content (AvgIpc) is 3.18. The fraction of sp³-hybridized carbons (Fsp3) is 0.318. The molecule has 0 spiro atoms. The number of rotatable bonds is 5. The van der Waals surface area contributed by atoms with Crippen molar-refractivity contribution in [1.82, 2.24) is 19.4 Å². The maximum Gasteiger partial charge on any atom is 0.227 e. The number of imidazole rings is 1. The summed E-state index contributed by atoms with van der Waals surface area (Å²) in [6.45, 7) is 2.40. The van der Waals surface area contributed by atoms with Crippen molar-refractivity contribution in [2.75, 3.05) is 13.1 Å². The van der Waals surface area contributed by atoms with Crippen LogP contribution in [0.3, 0.4) is 0 Å². The van der Waals surface area contributed by atoms with Crippen molar-refractivity contribution in [3.8, 4) is 0 Å². The highest BCUT2D eigenvalue weighted by molar-refractivity contribution is 5.78. The summed E-state index contributed by atoms with van der Waals surface area (Å²) in [5.41, 5.74) is 2.28. The first kappa shape index (κ1) is 17.5. The van der Waals surface area contributed by atoms with Gasteiger partial charge in [0.1, 0.15) is 5.82 Å². The van der Waals surface area contributed by atoms with E-state index < -0.39 is 0 Å². The summed E-state index contributed by atoms with van der Waals surface area (Å²) in [7, 11) is 0. The zero-order valence-corrected chi connectivity index (χ0v) is 15.4. The molecule has 1 aliphatic rings. The van der Waals surface area contributed by atoms with Crippen LogP contribution in [0.1, 0.15) is 35.7 Å². The Kier molecular flexibility index (Phi) is 5.28. The van der Waals surface area contributed by atoms with Gasteiger partial charge in [-0.25, -0.2) is 4.98 Å². The topological polar surface area (TPSA) is 51.0 Å². The minimum Gasteiger partial charge on any atom is -0.342 e. The maximum absolute atomic E-state index is 12.7. The molecule has 1 aromatic carbocycles. The van der Waals surface area contributed by atoms with E-state index >= 15 is 0 Å². The zero-order chi connectivity index (χ0) is 18.5. The summed E-state index contributed by atoms with van der Waals surface area (Å²) in [6, 6.07) is 14.2. The number of hydrogen-bond acceptors (Lipinski definition) is 3. The lowest BCUT2D eigenvalue weighted by Crippen LogP contribution is -2.40. The number of piperidine rings is 1. The van der Waals surface area contributed by atoms with Gasteiger partial charge in [-0.2, -0.15) is 0 Å². The van der Waals surface area contributed by atoms with E-state index in [1.54, 1.807) is 12.4 Å². The van der Waals surface area contributed by atoms with Gasteiger partial charge in [0.2, 0.25) is 5.91 Å². The quantitative estimate of drug-likeness (QED) is 0.702. The van der Waals surface area contributed by atoms with Gasteiger partial charge in [-0.15, -0.1) is 0 Å². The molecule has 5 heteroatoms. The average molecular weight is 360 g/mol. The molecule has 5 nitrogen and oxygen atoms in total. The number of aromatic nitrogens is 3. The fourth-order valence-electron chi connectivity index (χ4n) is 3.80. The van der Waals surface area contributed by atoms with Gasteiger partial charge in [0.25, 0.3) is 0 Å². The monoisotopic (exact) mass is 360 g/mol. The van der Waals surface area contributed by atoms with Crippen LogP contribution in [0.25, 0.3) is 0 Å². The number of carbonyl (C=O) groups is 1. The van der Waals surface area contributed by atoms with Crippen LogP contribution in [0.4, 0.5) is 0 Å². The molecule has 3 aromatic rings. The van der Waals surface area contributed by atoms with Crippen molar-refractivity contribution in [1.29, 1.82) is 0 Å². The zero-order valence-electron chi connectivity index (χ0n) is 15.4. The van der Waals surface area contributed by atoms with Crippen LogP contribution in [0.15, 0.2) is 67.3 Å². The van der Waals surface area contributed by atoms with E-state index in [0.717, 1.165) is 43.9 Å². The second-order valence-corrected chi connectivity index (χ2v) is 7.11. The maximum atomic E-state index is 12.7. The molecule has 0 aliphatic carbocycles. The highest BCUT2D eigenvalue weighted by atomic mass is 16.2. The molecule has 1 saturated heterocycles. The van der Waals surface area contributed by atoms with E-state index in [2.05, 4.69) is 38.8 Å². The molecular formula is C22H24N4O. The van der Waals surface area contributed by atoms with Crippen LogP contribution in [-0.2, 0) is 17.8 Å². The van der Waals surface area contributed by atoms with Crippen LogP contribution in [0.2, 0.25) is 0 Å². The van der Waals surface area contributed by atoms with E-state index in [0.29, 0.717) is 12.3 Å². The molecule has 27 heavy (non-hydrogen) atoms. The Balaban J connectivity index is 1.44. The van der Waals surface area contributed by atoms with E-state index in [9.17, 15) is 4.79 Å². The summed E-state index contributed by atoms with van der Waals surface area (Å²) >= 11 is 0. The number of nitrogens with zero attached hydrogens (tertiary/aromatic N) is 4. The predicted octanol–water partition coefficient (Wildman–Crippen LogP) is 3.28. The van der Waals surface area contributed by atoms with E-state index in [1.165, 1.54) is 5.56 Å². The Labute approximate surface area is 159 Å². The summed E-state index contributed by atoms with van der Waals surface area (Å²) in [5, 5.41) is 0. The van der Waals surface area contributed by atoms with Gasteiger partial charge >= 0.3 is 0 Å². The first-order valence-corrected chi connectivity index (χ1v) is 9.51. The number of amides is 1. The van der Waals surface area contributed by atoms with Crippen molar-refractivity contribution >= 4 is 5.91 Å². The highest BCUT2D eigenvalue weighted by Gasteiger charge is 2.27. The van der Waals surface area contributed by atoms with Gasteiger partial charge in [-0.05, 0) is 36.1 Å². The lowest BCUT2D eigenvalue weighted by molar-refractivity contribution is -0.131. The number of benzene rings is 1. The van der Waals surface area contributed by atoms with Crippen LogP contribution in [0.5, 0.6) is 0 Å². The Morgan fingerprint density at radius 3 is 2.67 bits per heavy atom. The summed E-state index contributed by atoms with van der Waals surface area (Å²) in [5.74, 6) is 1.56. The first-order chi connectivity index (χ1) is 13.3. The lowest BCUT2D eigenvalue weighted by Gasteiger charge is -2.33. The second kappa shape index (κ2) is 8.16. The van der Waals surface area contributed by atoms with E-state index in [1.807, 2.05) is 35.5 Å². The molecule has 138 valence electrons. The molecular weight excluding hydrogens is 336 g/mol. The van der Waals surface area contributed by atoms with Gasteiger partial charge in [-0.3, -0.25) is 9.78 Å². The molecule has 1 fully saturated rings. The molecule has 0 radical (unpaired) electrons. The highest BCUT2D eigenvalue weighted by Crippen LogP contribution is 2.26. The second-order valence-electron chi connectivity index (χ2n) is 7.11. The minimum absolute atomic E-state index is 0.187. The summed E-state index contributed by atoms with van der Waals surface area (Å²) in [4.78, 5) is 23.4. The first-order valence-electron chi connectivity index (χ1n) is 9.51. The van der Waals surface area contributed by atoms with Crippen LogP contribution in [-0.4, -0.2) is 38.4 Å². The van der Waals surface area contributed by atoms with Gasteiger partial charge in [0, 0.05) is 50.3 Å². The molecule has 4 rings (SSSR count). The predicted molar refractivity (Wildman–Crippen MR) is 104 cm³/mol. The summed E-state index contributed by atoms with van der Waals surface area (Å²) < 4.78 is 2.22. The Hall–Kier alpha value is -2.95.